The zero-order chi connectivity index (χ0) is 13.2. The first-order valence-corrected chi connectivity index (χ1v) is 6.50. The summed E-state index contributed by atoms with van der Waals surface area (Å²) in [7, 11) is 0. The maximum Gasteiger partial charge on any atom is 0.138 e. The van der Waals surface area contributed by atoms with E-state index >= 15 is 0 Å². The van der Waals surface area contributed by atoms with Gasteiger partial charge in [-0.15, -0.1) is 0 Å². The summed E-state index contributed by atoms with van der Waals surface area (Å²) in [6, 6.07) is 17.8. The van der Waals surface area contributed by atoms with Crippen LogP contribution in [-0.4, -0.2) is 9.97 Å². The van der Waals surface area contributed by atoms with Gasteiger partial charge in [-0.1, -0.05) is 60.1 Å². The second-order valence-corrected chi connectivity index (χ2v) is 4.81. The van der Waals surface area contributed by atoms with Crippen LogP contribution in [0.4, 0.5) is 0 Å². The van der Waals surface area contributed by atoms with E-state index in [0.29, 0.717) is 0 Å². The molecule has 94 valence electrons. The lowest BCUT2D eigenvalue weighted by Gasteiger charge is -2.00. The first-order chi connectivity index (χ1) is 9.25. The monoisotopic (exact) mass is 268 g/mol. The number of imidazole rings is 1. The van der Waals surface area contributed by atoms with Crippen LogP contribution in [0.5, 0.6) is 0 Å². The van der Waals surface area contributed by atoms with E-state index in [1.54, 1.807) is 0 Å². The molecule has 0 amide bonds. The van der Waals surface area contributed by atoms with Gasteiger partial charge in [0.15, 0.2) is 0 Å². The molecule has 19 heavy (non-hydrogen) atoms. The molecule has 3 rings (SSSR count). The van der Waals surface area contributed by atoms with Crippen molar-refractivity contribution in [2.24, 2.45) is 0 Å². The Hall–Kier alpha value is -2.06. The number of H-pyrrole nitrogens is 1. The topological polar surface area (TPSA) is 28.7 Å². The van der Waals surface area contributed by atoms with Gasteiger partial charge >= 0.3 is 0 Å². The molecule has 3 heteroatoms. The lowest BCUT2D eigenvalue weighted by molar-refractivity contribution is 1.26. The number of rotatable bonds is 2. The molecular formula is C16H13ClN2. The Labute approximate surface area is 117 Å². The number of halogens is 1. The molecule has 0 aliphatic heterocycles. The Kier molecular flexibility index (Phi) is 3.10. The minimum Gasteiger partial charge on any atom is -0.342 e. The highest BCUT2D eigenvalue weighted by Gasteiger charge is 2.12. The molecule has 1 heterocycles. The van der Waals surface area contributed by atoms with E-state index in [-0.39, 0.29) is 0 Å². The molecule has 0 aliphatic carbocycles. The first kappa shape index (κ1) is 12.0. The van der Waals surface area contributed by atoms with Gasteiger partial charge in [-0.25, -0.2) is 4.98 Å². The normalized spacial score (nSPS) is 10.6. The van der Waals surface area contributed by atoms with Crippen molar-refractivity contribution in [1.29, 1.82) is 0 Å². The van der Waals surface area contributed by atoms with Gasteiger partial charge in [-0.05, 0) is 13.0 Å². The highest BCUT2D eigenvalue weighted by atomic mass is 35.5. The van der Waals surface area contributed by atoms with Crippen molar-refractivity contribution >= 4 is 11.6 Å². The Morgan fingerprint density at radius 1 is 0.947 bits per heavy atom. The van der Waals surface area contributed by atoms with E-state index in [1.807, 2.05) is 61.5 Å². The smallest absolute Gasteiger partial charge is 0.138 e. The molecule has 3 aromatic rings. The fourth-order valence-corrected chi connectivity index (χ4v) is 2.33. The van der Waals surface area contributed by atoms with Gasteiger partial charge in [0.2, 0.25) is 0 Å². The standard InChI is InChI=1S/C16H13ClN2/c1-11-15(13-9-5-6-10-14(13)17)19-16(18-11)12-7-3-2-4-8-12/h2-10H,1H3,(H,18,19). The predicted molar refractivity (Wildman–Crippen MR) is 79.2 cm³/mol. The summed E-state index contributed by atoms with van der Waals surface area (Å²) >= 11 is 6.23. The maximum atomic E-state index is 6.23. The molecule has 2 aromatic carbocycles. The molecule has 0 atom stereocenters. The van der Waals surface area contributed by atoms with Crippen molar-refractivity contribution in [1.82, 2.24) is 9.97 Å². The lowest BCUT2D eigenvalue weighted by Crippen LogP contribution is -1.82. The van der Waals surface area contributed by atoms with Crippen LogP contribution >= 0.6 is 11.6 Å². The van der Waals surface area contributed by atoms with E-state index in [9.17, 15) is 0 Å². The van der Waals surface area contributed by atoms with Crippen molar-refractivity contribution in [3.05, 3.63) is 65.3 Å². The minimum absolute atomic E-state index is 0.719. The van der Waals surface area contributed by atoms with Gasteiger partial charge in [0, 0.05) is 16.8 Å². The number of aromatic nitrogens is 2. The number of hydrogen-bond acceptors (Lipinski definition) is 1. The average molecular weight is 269 g/mol. The molecule has 0 aliphatic rings. The molecule has 0 radical (unpaired) electrons. The van der Waals surface area contributed by atoms with Gasteiger partial charge in [0.25, 0.3) is 0 Å². The number of hydrogen-bond donors (Lipinski definition) is 1. The van der Waals surface area contributed by atoms with Gasteiger partial charge in [0.1, 0.15) is 5.82 Å². The van der Waals surface area contributed by atoms with Crippen LogP contribution in [0.3, 0.4) is 0 Å². The van der Waals surface area contributed by atoms with Gasteiger partial charge in [-0.2, -0.15) is 0 Å². The molecule has 0 bridgehead atoms. The molecule has 0 spiro atoms. The van der Waals surface area contributed by atoms with Crippen LogP contribution in [0.15, 0.2) is 54.6 Å². The van der Waals surface area contributed by atoms with Crippen molar-refractivity contribution in [3.63, 3.8) is 0 Å². The van der Waals surface area contributed by atoms with Gasteiger partial charge in [-0.3, -0.25) is 0 Å². The summed E-state index contributed by atoms with van der Waals surface area (Å²) in [6.07, 6.45) is 0. The number of nitrogens with zero attached hydrogens (tertiary/aromatic N) is 1. The van der Waals surface area contributed by atoms with E-state index in [4.69, 9.17) is 11.6 Å². The van der Waals surface area contributed by atoms with Crippen LogP contribution in [-0.2, 0) is 0 Å². The Balaban J connectivity index is 2.11. The van der Waals surface area contributed by atoms with Gasteiger partial charge in [0.05, 0.1) is 10.7 Å². The van der Waals surface area contributed by atoms with Crippen LogP contribution in [0, 0.1) is 6.92 Å². The van der Waals surface area contributed by atoms with Crippen LogP contribution in [0.1, 0.15) is 5.69 Å². The fraction of sp³-hybridized carbons (Fsp3) is 0.0625. The summed E-state index contributed by atoms with van der Waals surface area (Å²) in [5.74, 6) is 0.869. The zero-order valence-corrected chi connectivity index (χ0v) is 11.3. The molecule has 1 aromatic heterocycles. The van der Waals surface area contributed by atoms with Crippen LogP contribution in [0.25, 0.3) is 22.6 Å². The third-order valence-electron chi connectivity index (χ3n) is 3.06. The van der Waals surface area contributed by atoms with Crippen LogP contribution < -0.4 is 0 Å². The summed E-state index contributed by atoms with van der Waals surface area (Å²) in [4.78, 5) is 7.99. The number of benzene rings is 2. The van der Waals surface area contributed by atoms with E-state index in [0.717, 1.165) is 33.4 Å². The lowest BCUT2D eigenvalue weighted by atomic mass is 10.1. The molecule has 1 N–H and O–H groups in total. The number of aromatic amines is 1. The van der Waals surface area contributed by atoms with Crippen molar-refractivity contribution in [3.8, 4) is 22.6 Å². The fourth-order valence-electron chi connectivity index (χ4n) is 2.11. The molecule has 0 fully saturated rings. The Bertz CT molecular complexity index is 702. The third-order valence-corrected chi connectivity index (χ3v) is 3.39. The summed E-state index contributed by atoms with van der Waals surface area (Å²) in [6.45, 7) is 2.01. The highest BCUT2D eigenvalue weighted by Crippen LogP contribution is 2.30. The number of nitrogens with one attached hydrogen (secondary N) is 1. The largest absolute Gasteiger partial charge is 0.342 e. The maximum absolute atomic E-state index is 6.23. The highest BCUT2D eigenvalue weighted by molar-refractivity contribution is 6.33. The van der Waals surface area contributed by atoms with E-state index < -0.39 is 0 Å². The van der Waals surface area contributed by atoms with Gasteiger partial charge < -0.3 is 4.98 Å². The molecule has 0 saturated carbocycles. The second kappa shape index (κ2) is 4.90. The SMILES string of the molecule is Cc1[nH]c(-c2ccccc2)nc1-c1ccccc1Cl. The molecule has 0 unspecified atom stereocenters. The molecular weight excluding hydrogens is 256 g/mol. The average Bonchev–Trinajstić information content (AvgIpc) is 2.82. The molecule has 2 nitrogen and oxygen atoms in total. The van der Waals surface area contributed by atoms with Crippen molar-refractivity contribution in [2.75, 3.05) is 0 Å². The third kappa shape index (κ3) is 2.27. The second-order valence-electron chi connectivity index (χ2n) is 4.40. The number of aryl methyl sites for hydroxylation is 1. The van der Waals surface area contributed by atoms with Crippen LogP contribution in [0.2, 0.25) is 5.02 Å². The Morgan fingerprint density at radius 3 is 2.37 bits per heavy atom. The van der Waals surface area contributed by atoms with E-state index in [2.05, 4.69) is 9.97 Å². The quantitative estimate of drug-likeness (QED) is 0.717. The molecule has 0 saturated heterocycles. The minimum atomic E-state index is 0.719. The zero-order valence-electron chi connectivity index (χ0n) is 10.5. The summed E-state index contributed by atoms with van der Waals surface area (Å²) < 4.78 is 0. The first-order valence-electron chi connectivity index (χ1n) is 6.12. The predicted octanol–water partition coefficient (Wildman–Crippen LogP) is 4.71. The summed E-state index contributed by atoms with van der Waals surface area (Å²) in [5.41, 5.74) is 3.96. The van der Waals surface area contributed by atoms with Crippen molar-refractivity contribution < 1.29 is 0 Å². The Morgan fingerprint density at radius 2 is 1.63 bits per heavy atom. The van der Waals surface area contributed by atoms with E-state index in [1.165, 1.54) is 0 Å². The summed E-state index contributed by atoms with van der Waals surface area (Å²) in [5, 5.41) is 0.719. The van der Waals surface area contributed by atoms with Crippen molar-refractivity contribution in [2.45, 2.75) is 6.92 Å².